The van der Waals surface area contributed by atoms with Gasteiger partial charge in [0.15, 0.2) is 11.5 Å². The number of benzene rings is 1. The summed E-state index contributed by atoms with van der Waals surface area (Å²) in [5, 5.41) is 2.78. The number of methoxy groups -OCH3 is 2. The van der Waals surface area contributed by atoms with Crippen LogP contribution in [0.25, 0.3) is 0 Å². The van der Waals surface area contributed by atoms with Crippen LogP contribution < -0.4 is 14.8 Å². The van der Waals surface area contributed by atoms with Gasteiger partial charge in [-0.15, -0.1) is 0 Å². The molecule has 2 unspecified atom stereocenters. The summed E-state index contributed by atoms with van der Waals surface area (Å²) in [4.78, 5) is 27.6. The largest absolute Gasteiger partial charge is 0.493 e. The lowest BCUT2D eigenvalue weighted by molar-refractivity contribution is 0.122. The molecule has 25 heavy (non-hydrogen) atoms. The molecule has 136 valence electrons. The van der Waals surface area contributed by atoms with Gasteiger partial charge in [0.25, 0.3) is 0 Å². The molecule has 8 nitrogen and oxygen atoms in total. The van der Waals surface area contributed by atoms with E-state index in [9.17, 15) is 9.59 Å². The monoisotopic (exact) mass is 349 g/mol. The van der Waals surface area contributed by atoms with E-state index in [2.05, 4.69) is 5.32 Å². The van der Waals surface area contributed by atoms with Gasteiger partial charge in [0.05, 0.1) is 26.8 Å². The molecule has 0 spiro atoms. The third-order valence-electron chi connectivity index (χ3n) is 4.54. The number of likely N-dealkylation sites (tertiary alicyclic amines) is 1. The third kappa shape index (κ3) is 3.29. The summed E-state index contributed by atoms with van der Waals surface area (Å²) in [6.45, 7) is 3.72. The Bertz CT molecular complexity index is 666. The maximum atomic E-state index is 12.2. The summed E-state index contributed by atoms with van der Waals surface area (Å²) in [6, 6.07) is 5.28. The number of rotatable bonds is 5. The minimum Gasteiger partial charge on any atom is -0.493 e. The second kappa shape index (κ2) is 7.08. The van der Waals surface area contributed by atoms with E-state index in [-0.39, 0.29) is 24.3 Å². The Hall–Kier alpha value is -2.64. The fourth-order valence-electron chi connectivity index (χ4n) is 3.29. The molecule has 3 rings (SSSR count). The average Bonchev–Trinajstić information content (AvgIpc) is 3.14. The second-order valence-corrected chi connectivity index (χ2v) is 6.05. The summed E-state index contributed by atoms with van der Waals surface area (Å²) >= 11 is 0. The van der Waals surface area contributed by atoms with Crippen LogP contribution in [-0.2, 0) is 11.3 Å². The van der Waals surface area contributed by atoms with Gasteiger partial charge in [-0.05, 0) is 24.6 Å². The van der Waals surface area contributed by atoms with Crippen LogP contribution in [-0.4, -0.2) is 67.9 Å². The zero-order valence-corrected chi connectivity index (χ0v) is 14.7. The number of nitrogens with one attached hydrogen (secondary N) is 1. The first-order valence-electron chi connectivity index (χ1n) is 8.28. The van der Waals surface area contributed by atoms with E-state index in [1.54, 1.807) is 24.0 Å². The predicted octanol–water partition coefficient (Wildman–Crippen LogP) is 1.44. The molecule has 1 N–H and O–H groups in total. The number of hydrogen-bond acceptors (Lipinski definition) is 5. The van der Waals surface area contributed by atoms with Crippen LogP contribution in [0.2, 0.25) is 0 Å². The molecule has 0 saturated carbocycles. The van der Waals surface area contributed by atoms with Crippen LogP contribution in [0.3, 0.4) is 0 Å². The molecule has 0 aliphatic carbocycles. The Morgan fingerprint density at radius 3 is 2.72 bits per heavy atom. The van der Waals surface area contributed by atoms with Gasteiger partial charge in [0.1, 0.15) is 6.10 Å². The van der Waals surface area contributed by atoms with Gasteiger partial charge in [-0.3, -0.25) is 4.90 Å². The van der Waals surface area contributed by atoms with E-state index in [0.29, 0.717) is 37.7 Å². The van der Waals surface area contributed by atoms with Crippen LogP contribution in [0.5, 0.6) is 11.5 Å². The highest BCUT2D eigenvalue weighted by Gasteiger charge is 2.48. The van der Waals surface area contributed by atoms with Gasteiger partial charge < -0.3 is 24.4 Å². The summed E-state index contributed by atoms with van der Waals surface area (Å²) in [5.74, 6) is 1.25. The summed E-state index contributed by atoms with van der Waals surface area (Å²) in [5.41, 5.74) is 0.909. The molecule has 3 amide bonds. The van der Waals surface area contributed by atoms with Crippen molar-refractivity contribution in [1.82, 2.24) is 15.1 Å². The summed E-state index contributed by atoms with van der Waals surface area (Å²) < 4.78 is 16.0. The summed E-state index contributed by atoms with van der Waals surface area (Å²) in [6.07, 6.45) is -0.629. The van der Waals surface area contributed by atoms with Crippen molar-refractivity contribution in [3.63, 3.8) is 0 Å². The molecular weight excluding hydrogens is 326 g/mol. The van der Waals surface area contributed by atoms with Crippen LogP contribution in [0.15, 0.2) is 18.2 Å². The van der Waals surface area contributed by atoms with E-state index in [0.717, 1.165) is 5.56 Å². The molecule has 2 heterocycles. The zero-order valence-electron chi connectivity index (χ0n) is 14.7. The lowest BCUT2D eigenvalue weighted by atomic mass is 10.1. The molecule has 2 atom stereocenters. The SMILES string of the molecule is CCNC(=O)N1CC2OC(=O)N(Cc3ccc(OC)c(OC)c3)C2C1. The Morgan fingerprint density at radius 1 is 1.28 bits per heavy atom. The Labute approximate surface area is 146 Å². The van der Waals surface area contributed by atoms with Gasteiger partial charge in [0.2, 0.25) is 0 Å². The van der Waals surface area contributed by atoms with E-state index in [1.807, 2.05) is 25.1 Å². The minimum atomic E-state index is -0.347. The molecule has 2 fully saturated rings. The van der Waals surface area contributed by atoms with Gasteiger partial charge >= 0.3 is 12.1 Å². The second-order valence-electron chi connectivity index (χ2n) is 6.05. The number of hydrogen-bond donors (Lipinski definition) is 1. The fourth-order valence-corrected chi connectivity index (χ4v) is 3.29. The van der Waals surface area contributed by atoms with Crippen molar-refractivity contribution in [1.29, 1.82) is 0 Å². The van der Waals surface area contributed by atoms with Crippen LogP contribution in [0.1, 0.15) is 12.5 Å². The van der Waals surface area contributed by atoms with Crippen LogP contribution in [0, 0.1) is 0 Å². The molecule has 2 saturated heterocycles. The Morgan fingerprint density at radius 2 is 2.04 bits per heavy atom. The Balaban J connectivity index is 1.72. The van der Waals surface area contributed by atoms with Gasteiger partial charge in [-0.2, -0.15) is 0 Å². The molecule has 8 heteroatoms. The first-order chi connectivity index (χ1) is 12.1. The predicted molar refractivity (Wildman–Crippen MR) is 89.8 cm³/mol. The lowest BCUT2D eigenvalue weighted by Crippen LogP contribution is -2.42. The first kappa shape index (κ1) is 17.2. The molecule has 2 aliphatic heterocycles. The van der Waals surface area contributed by atoms with Crippen molar-refractivity contribution >= 4 is 12.1 Å². The summed E-state index contributed by atoms with van der Waals surface area (Å²) in [7, 11) is 3.15. The molecule has 2 aliphatic rings. The quantitative estimate of drug-likeness (QED) is 0.870. The highest BCUT2D eigenvalue weighted by molar-refractivity contribution is 5.76. The van der Waals surface area contributed by atoms with Gasteiger partial charge in [0, 0.05) is 19.6 Å². The normalized spacial score (nSPS) is 21.8. The highest BCUT2D eigenvalue weighted by atomic mass is 16.6. The number of ether oxygens (including phenoxy) is 3. The maximum absolute atomic E-state index is 12.2. The van der Waals surface area contributed by atoms with Crippen LogP contribution >= 0.6 is 0 Å². The van der Waals surface area contributed by atoms with Crippen LogP contribution in [0.4, 0.5) is 9.59 Å². The number of carbonyl (C=O) groups excluding carboxylic acids is 2. The average molecular weight is 349 g/mol. The highest BCUT2D eigenvalue weighted by Crippen LogP contribution is 2.31. The Kier molecular flexibility index (Phi) is 4.87. The number of urea groups is 1. The zero-order chi connectivity index (χ0) is 18.0. The number of fused-ring (bicyclic) bond motifs is 1. The van der Waals surface area contributed by atoms with E-state index in [4.69, 9.17) is 14.2 Å². The van der Waals surface area contributed by atoms with Crippen molar-refractivity contribution in [3.8, 4) is 11.5 Å². The van der Waals surface area contributed by atoms with E-state index >= 15 is 0 Å². The fraction of sp³-hybridized carbons (Fsp3) is 0.529. The van der Waals surface area contributed by atoms with Crippen molar-refractivity contribution in [3.05, 3.63) is 23.8 Å². The van der Waals surface area contributed by atoms with Crippen molar-refractivity contribution < 1.29 is 23.8 Å². The molecule has 1 aromatic rings. The molecule has 0 bridgehead atoms. The van der Waals surface area contributed by atoms with Crippen molar-refractivity contribution in [2.24, 2.45) is 0 Å². The molecule has 0 aromatic heterocycles. The third-order valence-corrected chi connectivity index (χ3v) is 4.54. The molecular formula is C17H23N3O5. The smallest absolute Gasteiger partial charge is 0.410 e. The molecule has 0 radical (unpaired) electrons. The molecule has 1 aromatic carbocycles. The van der Waals surface area contributed by atoms with Crippen molar-refractivity contribution in [2.45, 2.75) is 25.6 Å². The van der Waals surface area contributed by atoms with Gasteiger partial charge in [-0.1, -0.05) is 6.07 Å². The topological polar surface area (TPSA) is 80.3 Å². The number of amides is 3. The van der Waals surface area contributed by atoms with Crippen molar-refractivity contribution in [2.75, 3.05) is 33.9 Å². The maximum Gasteiger partial charge on any atom is 0.410 e. The lowest BCUT2D eigenvalue weighted by Gasteiger charge is -2.23. The van der Waals surface area contributed by atoms with E-state index < -0.39 is 0 Å². The number of carbonyl (C=O) groups is 2. The standard InChI is InChI=1S/C17H23N3O5/c1-4-18-16(21)19-9-12-15(10-19)25-17(22)20(12)8-11-5-6-13(23-2)14(7-11)24-3/h5-7,12,15H,4,8-10H2,1-3H3,(H,18,21). The van der Waals surface area contributed by atoms with E-state index in [1.165, 1.54) is 0 Å². The number of nitrogens with zero attached hydrogens (tertiary/aromatic N) is 2. The minimum absolute atomic E-state index is 0.126. The first-order valence-corrected chi connectivity index (χ1v) is 8.28. The van der Waals surface area contributed by atoms with Gasteiger partial charge in [-0.25, -0.2) is 9.59 Å².